The van der Waals surface area contributed by atoms with Crippen LogP contribution in [0.1, 0.15) is 43.6 Å². The Labute approximate surface area is 183 Å². The summed E-state index contributed by atoms with van der Waals surface area (Å²) in [5.41, 5.74) is 6.27. The quantitative estimate of drug-likeness (QED) is 0.330. The fraction of sp³-hybridized carbons (Fsp3) is 0.333. The molecule has 30 heavy (non-hydrogen) atoms. The van der Waals surface area contributed by atoms with Gasteiger partial charge in [0.05, 0.1) is 25.7 Å². The molecule has 0 aliphatic heterocycles. The highest BCUT2D eigenvalue weighted by molar-refractivity contribution is 7.81. The summed E-state index contributed by atoms with van der Waals surface area (Å²) >= 11 is 0. The zero-order chi connectivity index (χ0) is 21.9. The van der Waals surface area contributed by atoms with Crippen molar-refractivity contribution in [2.24, 2.45) is 0 Å². The van der Waals surface area contributed by atoms with Gasteiger partial charge in [0, 0.05) is 12.9 Å². The van der Waals surface area contributed by atoms with Crippen LogP contribution in [0.25, 0.3) is 0 Å². The lowest BCUT2D eigenvalue weighted by atomic mass is 9.85. The zero-order valence-corrected chi connectivity index (χ0v) is 20.3. The van der Waals surface area contributed by atoms with E-state index in [9.17, 15) is 0 Å². The molecule has 1 atom stereocenters. The molecule has 0 saturated carbocycles. The molecule has 0 aliphatic rings. The van der Waals surface area contributed by atoms with E-state index in [0.29, 0.717) is 0 Å². The van der Waals surface area contributed by atoms with Crippen molar-refractivity contribution in [2.45, 2.75) is 39.3 Å². The molecule has 0 aromatic heterocycles. The molecule has 0 fully saturated rings. The smallest absolute Gasteiger partial charge is 0.123 e. The van der Waals surface area contributed by atoms with Crippen LogP contribution >= 0.6 is 7.26 Å². The van der Waals surface area contributed by atoms with E-state index >= 15 is 0 Å². The van der Waals surface area contributed by atoms with Crippen LogP contribution < -0.4 is 15.9 Å². The van der Waals surface area contributed by atoms with E-state index in [1.165, 1.54) is 33.4 Å². The largest absolute Gasteiger partial charge is 0.361 e. The van der Waals surface area contributed by atoms with Crippen molar-refractivity contribution in [3.63, 3.8) is 0 Å². The summed E-state index contributed by atoms with van der Waals surface area (Å²) in [5.74, 6) is 0. The van der Waals surface area contributed by atoms with Crippen LogP contribution in [0.15, 0.2) is 72.8 Å². The summed E-state index contributed by atoms with van der Waals surface area (Å²) in [6, 6.07) is 26.2. The molecular formula is C27H36N2P+. The fourth-order valence-electron chi connectivity index (χ4n) is 3.72. The van der Waals surface area contributed by atoms with Gasteiger partial charge in [0.2, 0.25) is 0 Å². The SMILES string of the molecule is Cc1ccc(C(Nc2ccccc2C(C)(C)C)Nc2ccccc2[P+](C)(C)C)cc1. The first-order chi connectivity index (χ1) is 14.1. The average Bonchev–Trinajstić information content (AvgIpc) is 2.67. The predicted octanol–water partition coefficient (Wildman–Crippen LogP) is 7.05. The monoisotopic (exact) mass is 419 g/mol. The lowest BCUT2D eigenvalue weighted by molar-refractivity contribution is 0.591. The number of hydrogen-bond donors (Lipinski definition) is 2. The highest BCUT2D eigenvalue weighted by Gasteiger charge is 2.27. The van der Waals surface area contributed by atoms with E-state index in [1.54, 1.807) is 0 Å². The van der Waals surface area contributed by atoms with Gasteiger partial charge in [0.25, 0.3) is 0 Å². The van der Waals surface area contributed by atoms with Crippen molar-refractivity contribution in [1.29, 1.82) is 0 Å². The van der Waals surface area contributed by atoms with E-state index in [4.69, 9.17) is 0 Å². The normalized spacial score (nSPS) is 13.0. The molecule has 158 valence electrons. The van der Waals surface area contributed by atoms with Gasteiger partial charge in [-0.2, -0.15) is 0 Å². The fourth-order valence-corrected chi connectivity index (χ4v) is 5.11. The molecule has 3 aromatic carbocycles. The first-order valence-electron chi connectivity index (χ1n) is 10.7. The van der Waals surface area contributed by atoms with Crippen LogP contribution in [0.4, 0.5) is 11.4 Å². The predicted molar refractivity (Wildman–Crippen MR) is 137 cm³/mol. The van der Waals surface area contributed by atoms with Crippen LogP contribution in [-0.2, 0) is 5.41 Å². The summed E-state index contributed by atoms with van der Waals surface area (Å²) in [4.78, 5) is 0. The topological polar surface area (TPSA) is 24.1 Å². The Morgan fingerprint density at radius 1 is 0.700 bits per heavy atom. The maximum Gasteiger partial charge on any atom is 0.123 e. The lowest BCUT2D eigenvalue weighted by Crippen LogP contribution is -2.25. The molecule has 3 aromatic rings. The van der Waals surface area contributed by atoms with Crippen molar-refractivity contribution >= 4 is 23.9 Å². The third-order valence-corrected chi connectivity index (χ3v) is 7.21. The van der Waals surface area contributed by atoms with Crippen LogP contribution in [0, 0.1) is 6.92 Å². The number of aryl methyl sites for hydroxylation is 1. The van der Waals surface area contributed by atoms with E-state index in [2.05, 4.69) is 131 Å². The second kappa shape index (κ2) is 8.82. The molecule has 0 amide bonds. The van der Waals surface area contributed by atoms with E-state index in [1.807, 2.05) is 0 Å². The Morgan fingerprint density at radius 2 is 1.23 bits per heavy atom. The first-order valence-corrected chi connectivity index (χ1v) is 13.8. The van der Waals surface area contributed by atoms with Crippen molar-refractivity contribution in [3.8, 4) is 0 Å². The van der Waals surface area contributed by atoms with Gasteiger partial charge < -0.3 is 10.6 Å². The molecule has 0 radical (unpaired) electrons. The molecule has 2 nitrogen and oxygen atoms in total. The van der Waals surface area contributed by atoms with E-state index in [-0.39, 0.29) is 11.6 Å². The van der Waals surface area contributed by atoms with Gasteiger partial charge in [-0.05, 0) is 41.7 Å². The Bertz CT molecular complexity index is 919. The van der Waals surface area contributed by atoms with Crippen LogP contribution in [0.2, 0.25) is 0 Å². The molecule has 1 unspecified atom stereocenters. The highest BCUT2D eigenvalue weighted by atomic mass is 31.2. The number of rotatable bonds is 6. The van der Waals surface area contributed by atoms with Gasteiger partial charge in [0.1, 0.15) is 11.5 Å². The van der Waals surface area contributed by atoms with Crippen LogP contribution in [0.3, 0.4) is 0 Å². The molecule has 0 saturated heterocycles. The standard InChI is InChI=1S/C27H36N2P/c1-20-16-18-21(19-17-20)26(28-23-13-9-8-12-22(23)27(2,3)4)29-24-14-10-11-15-25(24)30(5,6)7/h8-19,26,28-29H,1-7H3/q+1. The van der Waals surface area contributed by atoms with Gasteiger partial charge in [-0.15, -0.1) is 0 Å². The zero-order valence-electron chi connectivity index (χ0n) is 19.5. The minimum Gasteiger partial charge on any atom is -0.361 e. The number of nitrogens with one attached hydrogen (secondary N) is 2. The Morgan fingerprint density at radius 3 is 1.83 bits per heavy atom. The van der Waals surface area contributed by atoms with Gasteiger partial charge in [-0.3, -0.25) is 0 Å². The average molecular weight is 420 g/mol. The minimum atomic E-state index is -1.17. The van der Waals surface area contributed by atoms with Gasteiger partial charge in [-0.25, -0.2) is 0 Å². The van der Waals surface area contributed by atoms with Crippen molar-refractivity contribution < 1.29 is 0 Å². The highest BCUT2D eigenvalue weighted by Crippen LogP contribution is 2.47. The molecule has 0 bridgehead atoms. The summed E-state index contributed by atoms with van der Waals surface area (Å²) in [6.45, 7) is 16.0. The third-order valence-electron chi connectivity index (χ3n) is 5.37. The van der Waals surface area contributed by atoms with E-state index < -0.39 is 7.26 Å². The number of para-hydroxylation sites is 2. The van der Waals surface area contributed by atoms with Crippen molar-refractivity contribution in [3.05, 3.63) is 89.5 Å². The molecule has 2 N–H and O–H groups in total. The molecule has 3 heteroatoms. The van der Waals surface area contributed by atoms with Gasteiger partial charge >= 0.3 is 0 Å². The Balaban J connectivity index is 2.03. The summed E-state index contributed by atoms with van der Waals surface area (Å²) in [7, 11) is -1.17. The molecule has 0 aliphatic carbocycles. The number of hydrogen-bond acceptors (Lipinski definition) is 2. The van der Waals surface area contributed by atoms with E-state index in [0.717, 1.165) is 0 Å². The second-order valence-corrected chi connectivity index (χ2v) is 14.5. The van der Waals surface area contributed by atoms with Crippen molar-refractivity contribution in [1.82, 2.24) is 0 Å². The molecule has 3 rings (SSSR count). The Kier molecular flexibility index (Phi) is 6.58. The minimum absolute atomic E-state index is 0.0261. The maximum absolute atomic E-state index is 3.83. The van der Waals surface area contributed by atoms with Crippen LogP contribution in [-0.4, -0.2) is 20.0 Å². The van der Waals surface area contributed by atoms with Crippen LogP contribution in [0.5, 0.6) is 0 Å². The Hall–Kier alpha value is -2.31. The first kappa shape index (κ1) is 22.4. The number of benzene rings is 3. The molecule has 0 heterocycles. The van der Waals surface area contributed by atoms with Gasteiger partial charge in [0.15, 0.2) is 0 Å². The second-order valence-electron chi connectivity index (χ2n) is 9.96. The molecule has 0 spiro atoms. The van der Waals surface area contributed by atoms with Crippen molar-refractivity contribution in [2.75, 3.05) is 30.6 Å². The molecular weight excluding hydrogens is 383 g/mol. The summed E-state index contributed by atoms with van der Waals surface area (Å²) in [5, 5.41) is 9.08. The lowest BCUT2D eigenvalue weighted by Gasteiger charge is -2.29. The maximum atomic E-state index is 3.83. The third kappa shape index (κ3) is 5.43. The number of anilines is 2. The van der Waals surface area contributed by atoms with Gasteiger partial charge in [-0.1, -0.05) is 80.9 Å². The summed E-state index contributed by atoms with van der Waals surface area (Å²) < 4.78 is 0. The summed E-state index contributed by atoms with van der Waals surface area (Å²) in [6.07, 6.45) is -0.0261.